The van der Waals surface area contributed by atoms with E-state index >= 15 is 0 Å². The minimum Gasteiger partial charge on any atom is -0.489 e. The smallest absolute Gasteiger partial charge is 0.266 e. The van der Waals surface area contributed by atoms with E-state index in [9.17, 15) is 9.59 Å². The number of aryl methyl sites for hydroxylation is 1. The van der Waals surface area contributed by atoms with Gasteiger partial charge in [0, 0.05) is 23.2 Å². The second-order valence-electron chi connectivity index (χ2n) is 9.14. The molecule has 0 bridgehead atoms. The summed E-state index contributed by atoms with van der Waals surface area (Å²) in [5, 5.41) is 10.1. The Hall–Kier alpha value is -3.49. The fourth-order valence-electron chi connectivity index (χ4n) is 4.69. The molecular formula is C26H30N4O4. The van der Waals surface area contributed by atoms with E-state index in [-0.39, 0.29) is 11.8 Å². The van der Waals surface area contributed by atoms with Crippen molar-refractivity contribution in [3.63, 3.8) is 0 Å². The largest absolute Gasteiger partial charge is 0.489 e. The number of nitrogens with one attached hydrogen (secondary N) is 1. The average molecular weight is 463 g/mol. The van der Waals surface area contributed by atoms with Gasteiger partial charge in [0.05, 0.1) is 5.52 Å². The lowest BCUT2D eigenvalue weighted by Gasteiger charge is -2.31. The monoisotopic (exact) mass is 462 g/mol. The third kappa shape index (κ3) is 4.34. The topological polar surface area (TPSA) is 118 Å². The molecule has 2 aromatic carbocycles. The van der Waals surface area contributed by atoms with Crippen LogP contribution in [0.25, 0.3) is 10.9 Å². The fourth-order valence-corrected chi connectivity index (χ4v) is 4.69. The maximum atomic E-state index is 13.2. The van der Waals surface area contributed by atoms with Gasteiger partial charge in [-0.1, -0.05) is 44.2 Å². The molecule has 0 radical (unpaired) electrons. The molecule has 2 heterocycles. The van der Waals surface area contributed by atoms with Gasteiger partial charge in [-0.2, -0.15) is 0 Å². The first-order valence-electron chi connectivity index (χ1n) is 11.4. The number of amides is 2. The van der Waals surface area contributed by atoms with Crippen molar-refractivity contribution in [1.29, 1.82) is 0 Å². The molecule has 1 aliphatic heterocycles. The molecule has 8 nitrogen and oxygen atoms in total. The number of hydrogen-bond acceptors (Lipinski definition) is 6. The van der Waals surface area contributed by atoms with Crippen LogP contribution in [0.4, 0.5) is 0 Å². The van der Waals surface area contributed by atoms with Gasteiger partial charge < -0.3 is 15.4 Å². The number of hydroxylamine groups is 1. The van der Waals surface area contributed by atoms with E-state index in [4.69, 9.17) is 15.7 Å². The minimum atomic E-state index is -1.24. The number of pyridine rings is 1. The molecule has 2 atom stereocenters. The van der Waals surface area contributed by atoms with Crippen LogP contribution in [0, 0.1) is 12.8 Å². The maximum Gasteiger partial charge on any atom is 0.266 e. The van der Waals surface area contributed by atoms with Crippen molar-refractivity contribution in [3.05, 3.63) is 71.4 Å². The fraction of sp³-hybridized carbons (Fsp3) is 0.346. The van der Waals surface area contributed by atoms with E-state index in [1.807, 2.05) is 51.1 Å². The molecule has 0 aliphatic carbocycles. The number of aromatic nitrogens is 1. The Kier molecular flexibility index (Phi) is 6.54. The minimum absolute atomic E-state index is 0.179. The van der Waals surface area contributed by atoms with Gasteiger partial charge in [0.25, 0.3) is 5.91 Å². The summed E-state index contributed by atoms with van der Waals surface area (Å²) in [6.45, 7) is 6.32. The van der Waals surface area contributed by atoms with E-state index in [0.717, 1.165) is 22.2 Å². The number of nitrogens with zero attached hydrogens (tertiary/aromatic N) is 2. The van der Waals surface area contributed by atoms with Gasteiger partial charge in [-0.3, -0.25) is 19.8 Å². The molecule has 1 fully saturated rings. The highest BCUT2D eigenvalue weighted by molar-refractivity contribution is 5.94. The van der Waals surface area contributed by atoms with Crippen LogP contribution in [-0.4, -0.2) is 39.5 Å². The molecule has 1 aliphatic rings. The third-order valence-corrected chi connectivity index (χ3v) is 6.43. The predicted molar refractivity (Wildman–Crippen MR) is 128 cm³/mol. The van der Waals surface area contributed by atoms with Crippen LogP contribution >= 0.6 is 0 Å². The van der Waals surface area contributed by atoms with Crippen LogP contribution in [0.1, 0.15) is 37.1 Å². The van der Waals surface area contributed by atoms with Gasteiger partial charge in [-0.05, 0) is 49.1 Å². The van der Waals surface area contributed by atoms with Crippen molar-refractivity contribution in [3.8, 4) is 5.75 Å². The summed E-state index contributed by atoms with van der Waals surface area (Å²) in [6, 6.07) is 16.4. The molecule has 4 rings (SSSR count). The van der Waals surface area contributed by atoms with Crippen LogP contribution < -0.4 is 16.0 Å². The van der Waals surface area contributed by atoms with E-state index in [1.54, 1.807) is 29.7 Å². The lowest BCUT2D eigenvalue weighted by Crippen LogP contribution is -2.53. The van der Waals surface area contributed by atoms with Crippen molar-refractivity contribution < 1.29 is 19.5 Å². The van der Waals surface area contributed by atoms with Crippen LogP contribution in [-0.2, 0) is 21.7 Å². The van der Waals surface area contributed by atoms with Crippen molar-refractivity contribution in [2.24, 2.45) is 11.7 Å². The quantitative estimate of drug-likeness (QED) is 0.367. The van der Waals surface area contributed by atoms with Gasteiger partial charge in [-0.25, -0.2) is 5.48 Å². The van der Waals surface area contributed by atoms with Gasteiger partial charge >= 0.3 is 0 Å². The average Bonchev–Trinajstić information content (AvgIpc) is 3.12. The van der Waals surface area contributed by atoms with E-state index in [1.165, 1.54) is 4.90 Å². The van der Waals surface area contributed by atoms with Gasteiger partial charge in [0.1, 0.15) is 23.9 Å². The maximum absolute atomic E-state index is 13.2. The zero-order valence-corrected chi connectivity index (χ0v) is 19.6. The molecule has 4 N–H and O–H groups in total. The normalized spacial score (nSPS) is 19.0. The highest BCUT2D eigenvalue weighted by atomic mass is 16.5. The van der Waals surface area contributed by atoms with Crippen molar-refractivity contribution in [2.45, 2.75) is 45.4 Å². The van der Waals surface area contributed by atoms with Crippen molar-refractivity contribution in [1.82, 2.24) is 15.4 Å². The highest BCUT2D eigenvalue weighted by Gasteiger charge is 2.49. The molecule has 0 saturated carbocycles. The van der Waals surface area contributed by atoms with Crippen LogP contribution in [0.5, 0.6) is 5.75 Å². The first-order valence-corrected chi connectivity index (χ1v) is 11.4. The highest BCUT2D eigenvalue weighted by Crippen LogP contribution is 2.34. The number of ether oxygens (including phenoxy) is 1. The Morgan fingerprint density at radius 1 is 1.24 bits per heavy atom. The van der Waals surface area contributed by atoms with E-state index < -0.39 is 17.5 Å². The number of likely N-dealkylation sites (tertiary alicyclic amines) is 1. The molecule has 3 aromatic rings. The Bertz CT molecular complexity index is 1210. The molecule has 8 heteroatoms. The second kappa shape index (κ2) is 9.40. The number of nitrogens with two attached hydrogens (primary N) is 1. The summed E-state index contributed by atoms with van der Waals surface area (Å²) >= 11 is 0. The molecule has 178 valence electrons. The lowest BCUT2D eigenvalue weighted by molar-refractivity contribution is -0.145. The number of benzene rings is 2. The van der Waals surface area contributed by atoms with Crippen molar-refractivity contribution in [2.75, 3.05) is 6.54 Å². The molecule has 0 spiro atoms. The van der Waals surface area contributed by atoms with Gasteiger partial charge in [0.15, 0.2) is 0 Å². The zero-order valence-electron chi connectivity index (χ0n) is 19.6. The molecule has 1 aromatic heterocycles. The Balaban J connectivity index is 1.50. The summed E-state index contributed by atoms with van der Waals surface area (Å²) in [5.41, 5.74) is 10.5. The van der Waals surface area contributed by atoms with E-state index in [0.29, 0.717) is 30.9 Å². The zero-order chi connectivity index (χ0) is 24.5. The number of carbonyl (C=O) groups is 2. The molecular weight excluding hydrogens is 432 g/mol. The molecule has 34 heavy (non-hydrogen) atoms. The number of para-hydroxylation sites is 1. The van der Waals surface area contributed by atoms with Gasteiger partial charge in [-0.15, -0.1) is 0 Å². The standard InChI is InChI=1S/C26H30N4O4/c1-16(2)23(24(31)29-33)30-13-12-26(27,25(30)32)19-8-10-20(11-9-19)34-15-18-14-17(3)28-22-7-5-4-6-21(18)22/h4-11,14,16,23,33H,12-13,15,27H2,1-3H3,(H,29,31)/t23?,26-/m1/s1. The number of hydrogen-bond donors (Lipinski definition) is 3. The van der Waals surface area contributed by atoms with Crippen LogP contribution in [0.3, 0.4) is 0 Å². The summed E-state index contributed by atoms with van der Waals surface area (Å²) in [4.78, 5) is 31.4. The van der Waals surface area contributed by atoms with Crippen LogP contribution in [0.2, 0.25) is 0 Å². The summed E-state index contributed by atoms with van der Waals surface area (Å²) in [7, 11) is 0. The Morgan fingerprint density at radius 2 is 1.94 bits per heavy atom. The van der Waals surface area contributed by atoms with Crippen molar-refractivity contribution >= 4 is 22.7 Å². The van der Waals surface area contributed by atoms with Crippen LogP contribution in [0.15, 0.2) is 54.6 Å². The number of fused-ring (bicyclic) bond motifs is 1. The number of rotatable bonds is 7. The first kappa shape index (κ1) is 23.7. The summed E-state index contributed by atoms with van der Waals surface area (Å²) in [5.74, 6) is -0.465. The lowest BCUT2D eigenvalue weighted by atomic mass is 9.89. The molecule has 2 amide bonds. The molecule has 1 saturated heterocycles. The first-order chi connectivity index (χ1) is 16.2. The summed E-state index contributed by atoms with van der Waals surface area (Å²) in [6.07, 6.45) is 0.371. The molecule has 1 unspecified atom stereocenters. The Morgan fingerprint density at radius 3 is 2.62 bits per heavy atom. The second-order valence-corrected chi connectivity index (χ2v) is 9.14. The summed E-state index contributed by atoms with van der Waals surface area (Å²) < 4.78 is 6.02. The van der Waals surface area contributed by atoms with E-state index in [2.05, 4.69) is 4.98 Å². The number of carbonyl (C=O) groups excluding carboxylic acids is 2. The SMILES string of the molecule is Cc1cc(COc2ccc([C@]3(N)CCN(C(C(=O)NO)C(C)C)C3=O)cc2)c2ccccc2n1. The van der Waals surface area contributed by atoms with Gasteiger partial charge in [0.2, 0.25) is 5.91 Å². The Labute approximate surface area is 198 Å². The predicted octanol–water partition coefficient (Wildman–Crippen LogP) is 3.04. The third-order valence-electron chi connectivity index (χ3n) is 6.43.